The Bertz CT molecular complexity index is 411. The van der Waals surface area contributed by atoms with E-state index < -0.39 is 4.92 Å². The molecule has 0 spiro atoms. The maximum atomic E-state index is 10.9. The molecule has 0 radical (unpaired) electrons. The molecule has 0 aliphatic carbocycles. The lowest BCUT2D eigenvalue weighted by Gasteiger charge is -2.20. The molecule has 0 aliphatic rings. The minimum Gasteiger partial charge on any atom is -0.353 e. The summed E-state index contributed by atoms with van der Waals surface area (Å²) in [7, 11) is 5.64. The van der Waals surface area contributed by atoms with Crippen molar-refractivity contribution in [1.82, 2.24) is 9.88 Å². The number of hydrogen-bond acceptors (Lipinski definition) is 5. The lowest BCUT2D eigenvalue weighted by molar-refractivity contribution is -0.384. The zero-order valence-electron chi connectivity index (χ0n) is 10.1. The van der Waals surface area contributed by atoms with E-state index in [1.165, 1.54) is 12.1 Å². The van der Waals surface area contributed by atoms with Crippen LogP contribution < -0.4 is 4.90 Å². The summed E-state index contributed by atoms with van der Waals surface area (Å²) in [6.45, 7) is 1.42. The first kappa shape index (κ1) is 13.7. The van der Waals surface area contributed by atoms with E-state index in [1.807, 2.05) is 19.0 Å². The zero-order valence-corrected chi connectivity index (χ0v) is 10.8. The maximum absolute atomic E-state index is 10.9. The Kier molecular flexibility index (Phi) is 4.65. The van der Waals surface area contributed by atoms with Crippen LogP contribution in [-0.2, 0) is 0 Å². The molecule has 1 rings (SSSR count). The Balaban J connectivity index is 2.94. The molecule has 0 amide bonds. The first-order chi connectivity index (χ1) is 7.91. The van der Waals surface area contributed by atoms with Crippen LogP contribution in [0, 0.1) is 10.1 Å². The van der Waals surface area contributed by atoms with E-state index in [0.717, 1.165) is 6.54 Å². The number of pyridine rings is 1. The van der Waals surface area contributed by atoms with Gasteiger partial charge in [0.05, 0.1) is 4.92 Å². The predicted molar refractivity (Wildman–Crippen MR) is 67.7 cm³/mol. The summed E-state index contributed by atoms with van der Waals surface area (Å²) in [6, 6.07) is 2.79. The number of rotatable bonds is 5. The second kappa shape index (κ2) is 5.79. The highest BCUT2D eigenvalue weighted by Gasteiger charge is 2.19. The second-order valence-corrected chi connectivity index (χ2v) is 4.35. The molecular weight excluding hydrogens is 244 g/mol. The first-order valence-corrected chi connectivity index (χ1v) is 5.46. The first-order valence-electron chi connectivity index (χ1n) is 5.08. The Labute approximate surface area is 105 Å². The van der Waals surface area contributed by atoms with E-state index in [9.17, 15) is 10.1 Å². The topological polar surface area (TPSA) is 62.5 Å². The number of aromatic nitrogens is 1. The van der Waals surface area contributed by atoms with Crippen molar-refractivity contribution < 1.29 is 4.92 Å². The Morgan fingerprint density at radius 3 is 2.53 bits per heavy atom. The van der Waals surface area contributed by atoms with Crippen LogP contribution in [-0.4, -0.2) is 49.0 Å². The van der Waals surface area contributed by atoms with E-state index in [1.54, 1.807) is 11.9 Å². The summed E-state index contributed by atoms with van der Waals surface area (Å²) in [5.74, 6) is 0.296. The van der Waals surface area contributed by atoms with E-state index in [2.05, 4.69) is 4.98 Å². The summed E-state index contributed by atoms with van der Waals surface area (Å²) >= 11 is 5.76. The molecule has 0 saturated carbocycles. The maximum Gasteiger partial charge on any atom is 0.311 e. The van der Waals surface area contributed by atoms with Gasteiger partial charge >= 0.3 is 5.69 Å². The summed E-state index contributed by atoms with van der Waals surface area (Å²) < 4.78 is 0. The third kappa shape index (κ3) is 3.83. The molecule has 94 valence electrons. The molecule has 0 unspecified atom stereocenters. The van der Waals surface area contributed by atoms with Crippen molar-refractivity contribution in [3.8, 4) is 0 Å². The number of hydrogen-bond donors (Lipinski definition) is 0. The molecule has 0 N–H and O–H groups in total. The van der Waals surface area contributed by atoms with E-state index in [4.69, 9.17) is 11.6 Å². The molecule has 7 heteroatoms. The molecule has 6 nitrogen and oxygen atoms in total. The molecule has 0 saturated heterocycles. The van der Waals surface area contributed by atoms with Crippen LogP contribution in [0.1, 0.15) is 0 Å². The summed E-state index contributed by atoms with van der Waals surface area (Å²) in [5, 5.41) is 11.1. The van der Waals surface area contributed by atoms with Gasteiger partial charge in [-0.1, -0.05) is 11.6 Å². The van der Waals surface area contributed by atoms with Gasteiger partial charge in [0.25, 0.3) is 0 Å². The number of anilines is 1. The number of nitro groups is 1. The van der Waals surface area contributed by atoms with E-state index >= 15 is 0 Å². The third-order valence-electron chi connectivity index (χ3n) is 2.26. The number of likely N-dealkylation sites (N-methyl/N-ethyl adjacent to an activating group) is 2. The predicted octanol–water partition coefficient (Wildman–Crippen LogP) is 1.64. The fourth-order valence-corrected chi connectivity index (χ4v) is 1.44. The zero-order chi connectivity index (χ0) is 13.0. The fourth-order valence-electron chi connectivity index (χ4n) is 1.30. The van der Waals surface area contributed by atoms with Gasteiger partial charge in [-0.3, -0.25) is 10.1 Å². The van der Waals surface area contributed by atoms with Gasteiger partial charge in [0.2, 0.25) is 5.82 Å². The van der Waals surface area contributed by atoms with Gasteiger partial charge in [-0.15, -0.1) is 0 Å². The van der Waals surface area contributed by atoms with Crippen LogP contribution in [0.15, 0.2) is 12.1 Å². The van der Waals surface area contributed by atoms with Crippen LogP contribution in [0.5, 0.6) is 0 Å². The molecule has 0 bridgehead atoms. The molecule has 1 aromatic heterocycles. The lowest BCUT2D eigenvalue weighted by atomic mass is 10.3. The van der Waals surface area contributed by atoms with E-state index in [-0.39, 0.29) is 10.8 Å². The number of halogens is 1. The van der Waals surface area contributed by atoms with Crippen molar-refractivity contribution in [1.29, 1.82) is 0 Å². The average Bonchev–Trinajstić information content (AvgIpc) is 2.25. The van der Waals surface area contributed by atoms with E-state index in [0.29, 0.717) is 12.4 Å². The molecule has 1 heterocycles. The van der Waals surface area contributed by atoms with Crippen LogP contribution in [0.3, 0.4) is 0 Å². The van der Waals surface area contributed by atoms with Gasteiger partial charge in [0, 0.05) is 26.2 Å². The number of nitrogens with zero attached hydrogens (tertiary/aromatic N) is 4. The highest BCUT2D eigenvalue weighted by molar-refractivity contribution is 6.29. The van der Waals surface area contributed by atoms with Crippen LogP contribution in [0.2, 0.25) is 5.15 Å². The molecular formula is C10H15ClN4O2. The van der Waals surface area contributed by atoms with Gasteiger partial charge in [0.1, 0.15) is 5.15 Å². The van der Waals surface area contributed by atoms with Gasteiger partial charge < -0.3 is 9.80 Å². The van der Waals surface area contributed by atoms with Crippen molar-refractivity contribution in [3.63, 3.8) is 0 Å². The molecule has 0 atom stereocenters. The average molecular weight is 259 g/mol. The van der Waals surface area contributed by atoms with Gasteiger partial charge in [-0.25, -0.2) is 4.98 Å². The Hall–Kier alpha value is -1.40. The van der Waals surface area contributed by atoms with Crippen molar-refractivity contribution in [2.24, 2.45) is 0 Å². The van der Waals surface area contributed by atoms with Gasteiger partial charge in [-0.05, 0) is 20.2 Å². The van der Waals surface area contributed by atoms with Crippen LogP contribution in [0.25, 0.3) is 0 Å². The summed E-state index contributed by atoms with van der Waals surface area (Å²) in [6.07, 6.45) is 0. The monoisotopic (exact) mass is 258 g/mol. The quantitative estimate of drug-likeness (QED) is 0.456. The van der Waals surface area contributed by atoms with Crippen molar-refractivity contribution >= 4 is 23.1 Å². The van der Waals surface area contributed by atoms with Crippen molar-refractivity contribution in [2.75, 3.05) is 39.1 Å². The largest absolute Gasteiger partial charge is 0.353 e. The Morgan fingerprint density at radius 1 is 1.35 bits per heavy atom. The van der Waals surface area contributed by atoms with Crippen molar-refractivity contribution in [2.45, 2.75) is 0 Å². The normalized spacial score (nSPS) is 10.6. The highest BCUT2D eigenvalue weighted by atomic mass is 35.5. The third-order valence-corrected chi connectivity index (χ3v) is 2.47. The lowest BCUT2D eigenvalue weighted by Crippen LogP contribution is -2.29. The second-order valence-electron chi connectivity index (χ2n) is 3.96. The summed E-state index contributed by atoms with van der Waals surface area (Å²) in [4.78, 5) is 18.1. The SMILES string of the molecule is CN(C)CCN(C)c1nc(Cl)ccc1[N+](=O)[O-]. The molecule has 0 aromatic carbocycles. The highest BCUT2D eigenvalue weighted by Crippen LogP contribution is 2.26. The molecule has 17 heavy (non-hydrogen) atoms. The fraction of sp³-hybridized carbons (Fsp3) is 0.500. The Morgan fingerprint density at radius 2 is 2.00 bits per heavy atom. The molecule has 0 aliphatic heterocycles. The summed E-state index contributed by atoms with van der Waals surface area (Å²) in [5.41, 5.74) is -0.0318. The van der Waals surface area contributed by atoms with Crippen LogP contribution in [0.4, 0.5) is 11.5 Å². The van der Waals surface area contributed by atoms with Crippen LogP contribution >= 0.6 is 11.6 Å². The molecule has 1 aromatic rings. The van der Waals surface area contributed by atoms with Gasteiger partial charge in [0.15, 0.2) is 0 Å². The minimum absolute atomic E-state index is 0.0318. The molecule has 0 fully saturated rings. The smallest absolute Gasteiger partial charge is 0.311 e. The minimum atomic E-state index is -0.454. The standard InChI is InChI=1S/C10H15ClN4O2/c1-13(2)6-7-14(3)10-8(15(16)17)4-5-9(11)12-10/h4-5H,6-7H2,1-3H3. The van der Waals surface area contributed by atoms with Gasteiger partial charge in [-0.2, -0.15) is 0 Å². The van der Waals surface area contributed by atoms with Crippen molar-refractivity contribution in [3.05, 3.63) is 27.4 Å².